The fourth-order valence-electron chi connectivity index (χ4n) is 2.24. The summed E-state index contributed by atoms with van der Waals surface area (Å²) in [6, 6.07) is 0. The van der Waals surface area contributed by atoms with Crippen molar-refractivity contribution in [3.05, 3.63) is 11.1 Å². The lowest BCUT2D eigenvalue weighted by molar-refractivity contribution is -0.139. The zero-order chi connectivity index (χ0) is 13.7. The number of hydrogen-bond acceptors (Lipinski definition) is 5. The standard InChI is InChI=1S/C13H18N2O3S/c1-18-11(16)7-10-8-19-13(14-10)15-12(17)9-5-3-2-4-6-9/h8-9H,2-7H2,1H3,(H,14,15,17). The van der Waals surface area contributed by atoms with E-state index < -0.39 is 0 Å². The SMILES string of the molecule is COC(=O)Cc1csc(NC(=O)C2CCCCC2)n1. The van der Waals surface area contributed by atoms with Gasteiger partial charge in [-0.25, -0.2) is 4.98 Å². The number of nitrogens with zero attached hydrogens (tertiary/aromatic N) is 1. The topological polar surface area (TPSA) is 68.3 Å². The molecule has 1 amide bonds. The second kappa shape index (κ2) is 6.65. The molecule has 0 spiro atoms. The third-order valence-corrected chi connectivity index (χ3v) is 4.12. The van der Waals surface area contributed by atoms with E-state index in [1.54, 1.807) is 5.38 Å². The van der Waals surface area contributed by atoms with Crippen LogP contribution >= 0.6 is 11.3 Å². The van der Waals surface area contributed by atoms with Gasteiger partial charge in [-0.3, -0.25) is 9.59 Å². The van der Waals surface area contributed by atoms with Crippen LogP contribution in [0.3, 0.4) is 0 Å². The lowest BCUT2D eigenvalue weighted by Crippen LogP contribution is -2.24. The van der Waals surface area contributed by atoms with Crippen molar-refractivity contribution in [2.45, 2.75) is 38.5 Å². The minimum atomic E-state index is -0.324. The summed E-state index contributed by atoms with van der Waals surface area (Å²) < 4.78 is 4.58. The largest absolute Gasteiger partial charge is 0.469 e. The van der Waals surface area contributed by atoms with Crippen molar-refractivity contribution in [3.8, 4) is 0 Å². The van der Waals surface area contributed by atoms with Crippen molar-refractivity contribution in [1.82, 2.24) is 4.98 Å². The average molecular weight is 282 g/mol. The number of carbonyl (C=O) groups is 2. The molecule has 1 aromatic heterocycles. The fraction of sp³-hybridized carbons (Fsp3) is 0.615. The highest BCUT2D eigenvalue weighted by Gasteiger charge is 2.21. The van der Waals surface area contributed by atoms with E-state index in [4.69, 9.17) is 0 Å². The van der Waals surface area contributed by atoms with E-state index in [0.717, 1.165) is 25.7 Å². The Morgan fingerprint density at radius 3 is 2.84 bits per heavy atom. The Bertz CT molecular complexity index is 452. The predicted molar refractivity (Wildman–Crippen MR) is 73.0 cm³/mol. The number of amides is 1. The van der Waals surface area contributed by atoms with E-state index in [0.29, 0.717) is 10.8 Å². The van der Waals surface area contributed by atoms with Crippen LogP contribution in [0.25, 0.3) is 0 Å². The third-order valence-electron chi connectivity index (χ3n) is 3.31. The van der Waals surface area contributed by atoms with Gasteiger partial charge in [0.25, 0.3) is 0 Å². The number of nitrogens with one attached hydrogen (secondary N) is 1. The highest BCUT2D eigenvalue weighted by Crippen LogP contribution is 2.25. The molecule has 1 aliphatic carbocycles. The second-order valence-corrected chi connectivity index (χ2v) is 5.58. The third kappa shape index (κ3) is 4.02. The molecule has 5 nitrogen and oxygen atoms in total. The van der Waals surface area contributed by atoms with Gasteiger partial charge in [0.2, 0.25) is 5.91 Å². The molecule has 104 valence electrons. The molecule has 0 atom stereocenters. The Hall–Kier alpha value is -1.43. The normalized spacial score (nSPS) is 16.1. The van der Waals surface area contributed by atoms with Crippen LogP contribution in [-0.4, -0.2) is 24.0 Å². The minimum absolute atomic E-state index is 0.0543. The van der Waals surface area contributed by atoms with Gasteiger partial charge in [-0.1, -0.05) is 19.3 Å². The first-order chi connectivity index (χ1) is 9.19. The molecule has 2 rings (SSSR count). The summed E-state index contributed by atoms with van der Waals surface area (Å²) >= 11 is 1.34. The molecule has 0 bridgehead atoms. The molecular formula is C13H18N2O3S. The number of methoxy groups -OCH3 is 1. The van der Waals surface area contributed by atoms with Crippen molar-refractivity contribution >= 4 is 28.3 Å². The van der Waals surface area contributed by atoms with Crippen LogP contribution in [-0.2, 0) is 20.7 Å². The van der Waals surface area contributed by atoms with Gasteiger partial charge in [0.05, 0.1) is 19.2 Å². The minimum Gasteiger partial charge on any atom is -0.469 e. The quantitative estimate of drug-likeness (QED) is 0.861. The van der Waals surface area contributed by atoms with E-state index in [-0.39, 0.29) is 24.2 Å². The molecule has 6 heteroatoms. The maximum Gasteiger partial charge on any atom is 0.311 e. The van der Waals surface area contributed by atoms with Crippen LogP contribution in [0.2, 0.25) is 0 Å². The molecule has 1 N–H and O–H groups in total. The first kappa shape index (κ1) is 14.0. The number of anilines is 1. The van der Waals surface area contributed by atoms with Gasteiger partial charge in [-0.15, -0.1) is 11.3 Å². The van der Waals surface area contributed by atoms with Crippen LogP contribution in [0.1, 0.15) is 37.8 Å². The Labute approximate surface area is 116 Å². The highest BCUT2D eigenvalue weighted by atomic mass is 32.1. The first-order valence-electron chi connectivity index (χ1n) is 6.51. The summed E-state index contributed by atoms with van der Waals surface area (Å²) in [5, 5.41) is 5.18. The average Bonchev–Trinajstić information content (AvgIpc) is 2.86. The Morgan fingerprint density at radius 1 is 1.42 bits per heavy atom. The zero-order valence-electron chi connectivity index (χ0n) is 11.0. The maximum atomic E-state index is 12.0. The van der Waals surface area contributed by atoms with Crippen LogP contribution in [0.15, 0.2) is 5.38 Å². The van der Waals surface area contributed by atoms with Gasteiger partial charge in [0, 0.05) is 11.3 Å². The summed E-state index contributed by atoms with van der Waals surface area (Å²) in [6.45, 7) is 0. The van der Waals surface area contributed by atoms with Gasteiger partial charge in [-0.2, -0.15) is 0 Å². The molecule has 1 fully saturated rings. The molecule has 1 aromatic rings. The van der Waals surface area contributed by atoms with E-state index in [1.165, 1.54) is 24.9 Å². The number of rotatable bonds is 4. The smallest absolute Gasteiger partial charge is 0.311 e. The summed E-state index contributed by atoms with van der Waals surface area (Å²) in [4.78, 5) is 27.4. The summed E-state index contributed by atoms with van der Waals surface area (Å²) in [7, 11) is 1.35. The molecule has 19 heavy (non-hydrogen) atoms. The Morgan fingerprint density at radius 2 is 2.16 bits per heavy atom. The molecule has 1 saturated carbocycles. The Balaban J connectivity index is 1.88. The molecule has 0 unspecified atom stereocenters. The van der Waals surface area contributed by atoms with Gasteiger partial charge < -0.3 is 10.1 Å². The van der Waals surface area contributed by atoms with Crippen LogP contribution in [0.4, 0.5) is 5.13 Å². The molecule has 0 radical (unpaired) electrons. The number of thiazole rings is 1. The molecule has 0 aromatic carbocycles. The van der Waals surface area contributed by atoms with Crippen molar-refractivity contribution in [2.75, 3.05) is 12.4 Å². The number of hydrogen-bond donors (Lipinski definition) is 1. The van der Waals surface area contributed by atoms with Crippen LogP contribution < -0.4 is 5.32 Å². The van der Waals surface area contributed by atoms with Crippen molar-refractivity contribution in [2.24, 2.45) is 5.92 Å². The van der Waals surface area contributed by atoms with Gasteiger partial charge in [0.15, 0.2) is 5.13 Å². The predicted octanol–water partition coefficient (Wildman–Crippen LogP) is 2.38. The van der Waals surface area contributed by atoms with Crippen LogP contribution in [0.5, 0.6) is 0 Å². The molecule has 0 aliphatic heterocycles. The summed E-state index contributed by atoms with van der Waals surface area (Å²) in [5.41, 5.74) is 0.635. The highest BCUT2D eigenvalue weighted by molar-refractivity contribution is 7.13. The van der Waals surface area contributed by atoms with Gasteiger partial charge in [0.1, 0.15) is 0 Å². The van der Waals surface area contributed by atoms with Gasteiger partial charge >= 0.3 is 5.97 Å². The van der Waals surface area contributed by atoms with E-state index in [2.05, 4.69) is 15.0 Å². The second-order valence-electron chi connectivity index (χ2n) is 4.72. The number of carbonyl (C=O) groups excluding carboxylic acids is 2. The van der Waals surface area contributed by atoms with E-state index in [1.807, 2.05) is 0 Å². The summed E-state index contributed by atoms with van der Waals surface area (Å²) in [6.07, 6.45) is 5.56. The molecule has 0 saturated heterocycles. The number of aromatic nitrogens is 1. The van der Waals surface area contributed by atoms with Gasteiger partial charge in [-0.05, 0) is 12.8 Å². The molecular weight excluding hydrogens is 264 g/mol. The molecule has 1 aliphatic rings. The lowest BCUT2D eigenvalue weighted by atomic mass is 9.89. The van der Waals surface area contributed by atoms with Crippen molar-refractivity contribution < 1.29 is 14.3 Å². The van der Waals surface area contributed by atoms with Crippen molar-refractivity contribution in [3.63, 3.8) is 0 Å². The Kier molecular flexibility index (Phi) is 4.90. The lowest BCUT2D eigenvalue weighted by Gasteiger charge is -2.19. The molecule has 1 heterocycles. The van der Waals surface area contributed by atoms with Crippen LogP contribution in [0, 0.1) is 5.92 Å². The monoisotopic (exact) mass is 282 g/mol. The van der Waals surface area contributed by atoms with Crippen molar-refractivity contribution in [1.29, 1.82) is 0 Å². The number of esters is 1. The summed E-state index contributed by atoms with van der Waals surface area (Å²) in [5.74, 6) is -0.157. The zero-order valence-corrected chi connectivity index (χ0v) is 11.8. The first-order valence-corrected chi connectivity index (χ1v) is 7.39. The van der Waals surface area contributed by atoms with E-state index in [9.17, 15) is 9.59 Å². The fourth-order valence-corrected chi connectivity index (χ4v) is 2.95. The maximum absolute atomic E-state index is 12.0. The van der Waals surface area contributed by atoms with E-state index >= 15 is 0 Å². The number of ether oxygens (including phenoxy) is 1.